The standard InChI is InChI=1S/C5H8O2.Rh/c1-4(6)3-5(2)7;/h3H2,1-2H3;/q;+3. The number of rotatable bonds is 2. The van der Waals surface area contributed by atoms with E-state index in [4.69, 9.17) is 0 Å². The maximum atomic E-state index is 10.0. The molecular formula is C5H8O2Rh+3. The van der Waals surface area contributed by atoms with E-state index in [1.807, 2.05) is 0 Å². The number of hydrogen-bond donors (Lipinski definition) is 0. The summed E-state index contributed by atoms with van der Waals surface area (Å²) in [6.07, 6.45) is 0.0833. The van der Waals surface area contributed by atoms with Crippen LogP contribution < -0.4 is 0 Å². The Morgan fingerprint density at radius 3 is 1.38 bits per heavy atom. The molecule has 0 amide bonds. The summed E-state index contributed by atoms with van der Waals surface area (Å²) in [6, 6.07) is 0. The third-order valence-corrected chi connectivity index (χ3v) is 0.498. The van der Waals surface area contributed by atoms with E-state index in [0.29, 0.717) is 0 Å². The third kappa shape index (κ3) is 9.35. The van der Waals surface area contributed by atoms with Crippen LogP contribution in [0.3, 0.4) is 0 Å². The molecule has 0 radical (unpaired) electrons. The van der Waals surface area contributed by atoms with E-state index in [-0.39, 0.29) is 37.5 Å². The zero-order valence-electron chi connectivity index (χ0n) is 4.86. The molecule has 0 aromatic carbocycles. The van der Waals surface area contributed by atoms with Crippen molar-refractivity contribution >= 4 is 11.6 Å². The molecule has 2 nitrogen and oxygen atoms in total. The van der Waals surface area contributed by atoms with Crippen molar-refractivity contribution in [1.82, 2.24) is 0 Å². The summed E-state index contributed by atoms with van der Waals surface area (Å²) in [5.41, 5.74) is 0. The molecule has 0 N–H and O–H groups in total. The Bertz CT molecular complexity index is 86.6. The molecule has 3 heteroatoms. The summed E-state index contributed by atoms with van der Waals surface area (Å²) >= 11 is 0. The Morgan fingerprint density at radius 2 is 1.38 bits per heavy atom. The summed E-state index contributed by atoms with van der Waals surface area (Å²) < 4.78 is 0. The number of carbonyl (C=O) groups is 2. The van der Waals surface area contributed by atoms with Gasteiger partial charge in [-0.3, -0.25) is 9.59 Å². The fraction of sp³-hybridized carbons (Fsp3) is 0.600. The average molecular weight is 203 g/mol. The van der Waals surface area contributed by atoms with Crippen molar-refractivity contribution in [3.05, 3.63) is 0 Å². The van der Waals surface area contributed by atoms with Gasteiger partial charge in [0.05, 0.1) is 6.42 Å². The van der Waals surface area contributed by atoms with Gasteiger partial charge in [0.25, 0.3) is 0 Å². The topological polar surface area (TPSA) is 34.1 Å². The van der Waals surface area contributed by atoms with E-state index < -0.39 is 0 Å². The van der Waals surface area contributed by atoms with E-state index in [2.05, 4.69) is 0 Å². The Kier molecular flexibility index (Phi) is 6.93. The van der Waals surface area contributed by atoms with Gasteiger partial charge in [-0.05, 0) is 13.8 Å². The minimum atomic E-state index is -0.0625. The molecule has 0 atom stereocenters. The van der Waals surface area contributed by atoms with Crippen LogP contribution in [0, 0.1) is 0 Å². The molecule has 0 aromatic heterocycles. The van der Waals surface area contributed by atoms with Gasteiger partial charge in [0.15, 0.2) is 0 Å². The van der Waals surface area contributed by atoms with Gasteiger partial charge in [-0.1, -0.05) is 0 Å². The second kappa shape index (κ2) is 5.11. The fourth-order valence-electron chi connectivity index (χ4n) is 0.351. The second-order valence-corrected chi connectivity index (χ2v) is 1.58. The SMILES string of the molecule is CC(=O)CC(C)=O.[Rh+3]. The van der Waals surface area contributed by atoms with Crippen LogP contribution in [-0.2, 0) is 29.1 Å². The molecule has 0 aromatic rings. The van der Waals surface area contributed by atoms with Crippen molar-refractivity contribution < 1.29 is 29.1 Å². The van der Waals surface area contributed by atoms with Crippen LogP contribution in [0.25, 0.3) is 0 Å². The molecule has 0 aliphatic carbocycles. The molecule has 46 valence electrons. The van der Waals surface area contributed by atoms with Gasteiger partial charge < -0.3 is 0 Å². The summed E-state index contributed by atoms with van der Waals surface area (Å²) in [5.74, 6) is -0.125. The number of Topliss-reactive ketones (excluding diaryl/α,β-unsaturated/α-hetero) is 2. The summed E-state index contributed by atoms with van der Waals surface area (Å²) in [5, 5.41) is 0. The van der Waals surface area contributed by atoms with Crippen LogP contribution in [-0.4, -0.2) is 11.6 Å². The van der Waals surface area contributed by atoms with Gasteiger partial charge in [-0.25, -0.2) is 0 Å². The van der Waals surface area contributed by atoms with Crippen molar-refractivity contribution in [2.45, 2.75) is 20.3 Å². The molecule has 0 aliphatic heterocycles. The maximum absolute atomic E-state index is 10.0. The molecule has 0 saturated heterocycles. The molecular weight excluding hydrogens is 195 g/mol. The van der Waals surface area contributed by atoms with Crippen molar-refractivity contribution in [3.63, 3.8) is 0 Å². The average Bonchev–Trinajstić information content (AvgIpc) is 1.27. The van der Waals surface area contributed by atoms with Crippen LogP contribution in [0.2, 0.25) is 0 Å². The zero-order chi connectivity index (χ0) is 5.86. The molecule has 0 aliphatic rings. The first-order chi connectivity index (χ1) is 3.13. The van der Waals surface area contributed by atoms with Gasteiger partial charge >= 0.3 is 19.5 Å². The fourth-order valence-corrected chi connectivity index (χ4v) is 0.351. The molecule has 0 unspecified atom stereocenters. The van der Waals surface area contributed by atoms with Gasteiger partial charge in [-0.15, -0.1) is 0 Å². The molecule has 0 rings (SSSR count). The van der Waals surface area contributed by atoms with E-state index in [1.165, 1.54) is 13.8 Å². The van der Waals surface area contributed by atoms with Gasteiger partial charge in [0, 0.05) is 0 Å². The van der Waals surface area contributed by atoms with Crippen molar-refractivity contribution in [2.24, 2.45) is 0 Å². The van der Waals surface area contributed by atoms with Crippen molar-refractivity contribution in [1.29, 1.82) is 0 Å². The van der Waals surface area contributed by atoms with Crippen molar-refractivity contribution in [2.75, 3.05) is 0 Å². The molecule has 0 fully saturated rings. The zero-order valence-corrected chi connectivity index (χ0v) is 6.50. The minimum absolute atomic E-state index is 0. The summed E-state index contributed by atoms with van der Waals surface area (Å²) in [7, 11) is 0. The molecule has 0 heterocycles. The first-order valence-corrected chi connectivity index (χ1v) is 2.12. The molecule has 0 bridgehead atoms. The Hall–Kier alpha value is -0.0366. The number of hydrogen-bond acceptors (Lipinski definition) is 2. The third-order valence-electron chi connectivity index (χ3n) is 0.498. The number of ketones is 2. The second-order valence-electron chi connectivity index (χ2n) is 1.58. The predicted octanol–water partition coefficient (Wildman–Crippen LogP) is 0.552. The maximum Gasteiger partial charge on any atom is 3.00 e. The predicted molar refractivity (Wildman–Crippen MR) is 26.0 cm³/mol. The Balaban J connectivity index is 0. The Morgan fingerprint density at radius 1 is 1.12 bits per heavy atom. The largest absolute Gasteiger partial charge is 3.00 e. The first kappa shape index (κ1) is 10.9. The van der Waals surface area contributed by atoms with Gasteiger partial charge in [-0.2, -0.15) is 0 Å². The van der Waals surface area contributed by atoms with Crippen LogP contribution in [0.4, 0.5) is 0 Å². The monoisotopic (exact) mass is 203 g/mol. The summed E-state index contributed by atoms with van der Waals surface area (Å²) in [4.78, 5) is 20.1. The summed E-state index contributed by atoms with van der Waals surface area (Å²) in [6.45, 7) is 2.81. The normalized spacial score (nSPS) is 7.25. The van der Waals surface area contributed by atoms with Crippen molar-refractivity contribution in [3.8, 4) is 0 Å². The quantitative estimate of drug-likeness (QED) is 0.485. The van der Waals surface area contributed by atoms with E-state index in [9.17, 15) is 9.59 Å². The van der Waals surface area contributed by atoms with Crippen LogP contribution in [0.15, 0.2) is 0 Å². The Labute approximate surface area is 61.4 Å². The smallest absolute Gasteiger partial charge is 0.300 e. The van der Waals surface area contributed by atoms with Crippen LogP contribution in [0.5, 0.6) is 0 Å². The van der Waals surface area contributed by atoms with Crippen LogP contribution in [0.1, 0.15) is 20.3 Å². The van der Waals surface area contributed by atoms with E-state index in [0.717, 1.165) is 0 Å². The minimum Gasteiger partial charge on any atom is -0.300 e. The van der Waals surface area contributed by atoms with Gasteiger partial charge in [0.2, 0.25) is 0 Å². The molecule has 8 heavy (non-hydrogen) atoms. The molecule has 0 saturated carbocycles. The molecule has 0 spiro atoms. The van der Waals surface area contributed by atoms with E-state index in [1.54, 1.807) is 0 Å². The number of carbonyl (C=O) groups excluding carboxylic acids is 2. The van der Waals surface area contributed by atoms with Crippen LogP contribution >= 0.6 is 0 Å². The van der Waals surface area contributed by atoms with E-state index >= 15 is 0 Å². The first-order valence-electron chi connectivity index (χ1n) is 2.12. The van der Waals surface area contributed by atoms with Gasteiger partial charge in [0.1, 0.15) is 11.6 Å².